The number of amides is 1. The third kappa shape index (κ3) is 4.00. The summed E-state index contributed by atoms with van der Waals surface area (Å²) >= 11 is 0. The molecule has 0 aromatic heterocycles. The maximum atomic E-state index is 13.8. The maximum absolute atomic E-state index is 13.8. The Labute approximate surface area is 124 Å². The van der Waals surface area contributed by atoms with Gasteiger partial charge in [0.05, 0.1) is 6.04 Å². The minimum atomic E-state index is -0.491. The molecule has 2 atom stereocenters. The number of nitrogens with zero attached hydrogens (tertiary/aromatic N) is 1. The van der Waals surface area contributed by atoms with Crippen molar-refractivity contribution >= 4 is 5.91 Å². The van der Waals surface area contributed by atoms with E-state index in [9.17, 15) is 13.6 Å². The highest BCUT2D eigenvalue weighted by Crippen LogP contribution is 2.24. The van der Waals surface area contributed by atoms with Gasteiger partial charge in [-0.15, -0.1) is 0 Å². The number of hydrogen-bond acceptors (Lipinski definition) is 2. The van der Waals surface area contributed by atoms with E-state index in [4.69, 9.17) is 0 Å². The van der Waals surface area contributed by atoms with Crippen molar-refractivity contribution in [3.05, 3.63) is 35.4 Å². The summed E-state index contributed by atoms with van der Waals surface area (Å²) in [5, 5.41) is 3.35. The van der Waals surface area contributed by atoms with Crippen molar-refractivity contribution in [2.45, 2.75) is 44.7 Å². The Morgan fingerprint density at radius 1 is 1.48 bits per heavy atom. The Morgan fingerprint density at radius 2 is 2.24 bits per heavy atom. The van der Waals surface area contributed by atoms with Gasteiger partial charge in [0.25, 0.3) is 0 Å². The average molecular weight is 296 g/mol. The van der Waals surface area contributed by atoms with Crippen LogP contribution in [0.5, 0.6) is 0 Å². The summed E-state index contributed by atoms with van der Waals surface area (Å²) in [6, 6.07) is 3.26. The Bertz CT molecular complexity index is 501. The van der Waals surface area contributed by atoms with Crippen LogP contribution >= 0.6 is 0 Å². The van der Waals surface area contributed by atoms with Crippen LogP contribution in [-0.4, -0.2) is 30.4 Å². The van der Waals surface area contributed by atoms with Crippen LogP contribution in [-0.2, 0) is 4.79 Å². The molecule has 0 radical (unpaired) electrons. The van der Waals surface area contributed by atoms with Crippen LogP contribution in [0, 0.1) is 11.6 Å². The maximum Gasteiger partial charge on any atom is 0.222 e. The molecule has 1 amide bonds. The van der Waals surface area contributed by atoms with Crippen molar-refractivity contribution in [2.75, 3.05) is 13.6 Å². The molecule has 3 nitrogen and oxygen atoms in total. The van der Waals surface area contributed by atoms with E-state index in [2.05, 4.69) is 5.32 Å². The quantitative estimate of drug-likeness (QED) is 0.906. The summed E-state index contributed by atoms with van der Waals surface area (Å²) in [6.07, 6.45) is 3.47. The van der Waals surface area contributed by atoms with Gasteiger partial charge < -0.3 is 10.2 Å². The van der Waals surface area contributed by atoms with Crippen molar-refractivity contribution in [1.29, 1.82) is 0 Å². The van der Waals surface area contributed by atoms with Crippen LogP contribution in [0.25, 0.3) is 0 Å². The highest BCUT2D eigenvalue weighted by atomic mass is 19.1. The fourth-order valence-electron chi connectivity index (χ4n) is 2.74. The van der Waals surface area contributed by atoms with Crippen LogP contribution < -0.4 is 5.32 Å². The van der Waals surface area contributed by atoms with Crippen molar-refractivity contribution in [3.8, 4) is 0 Å². The van der Waals surface area contributed by atoms with Crippen LogP contribution in [0.15, 0.2) is 18.2 Å². The van der Waals surface area contributed by atoms with E-state index in [1.807, 2.05) is 0 Å². The summed E-state index contributed by atoms with van der Waals surface area (Å²) in [6.45, 7) is 2.73. The molecule has 2 rings (SSSR count). The zero-order valence-electron chi connectivity index (χ0n) is 12.5. The SMILES string of the molecule is CC(c1cc(F)ccc1F)N(C)C(=O)CCC1CCCN1. The van der Waals surface area contributed by atoms with Crippen molar-refractivity contribution in [3.63, 3.8) is 0 Å². The topological polar surface area (TPSA) is 32.3 Å². The zero-order chi connectivity index (χ0) is 15.4. The number of hydrogen-bond donors (Lipinski definition) is 1. The molecule has 1 aromatic carbocycles. The van der Waals surface area contributed by atoms with Crippen molar-refractivity contribution in [2.24, 2.45) is 0 Å². The zero-order valence-corrected chi connectivity index (χ0v) is 12.5. The molecule has 0 bridgehead atoms. The largest absolute Gasteiger partial charge is 0.339 e. The molecular weight excluding hydrogens is 274 g/mol. The number of rotatable bonds is 5. The fraction of sp³-hybridized carbons (Fsp3) is 0.562. The average Bonchev–Trinajstić information content (AvgIpc) is 2.99. The van der Waals surface area contributed by atoms with Gasteiger partial charge in [-0.05, 0) is 50.9 Å². The minimum Gasteiger partial charge on any atom is -0.339 e. The molecule has 1 N–H and O–H groups in total. The van der Waals surface area contributed by atoms with Crippen LogP contribution in [0.1, 0.15) is 44.2 Å². The smallest absolute Gasteiger partial charge is 0.222 e. The first kappa shape index (κ1) is 15.9. The van der Waals surface area contributed by atoms with Gasteiger partial charge in [-0.1, -0.05) is 0 Å². The third-order valence-corrected chi connectivity index (χ3v) is 4.25. The summed E-state index contributed by atoms with van der Waals surface area (Å²) in [7, 11) is 1.64. The first-order chi connectivity index (χ1) is 9.99. The van der Waals surface area contributed by atoms with E-state index in [0.29, 0.717) is 12.5 Å². The van der Waals surface area contributed by atoms with E-state index >= 15 is 0 Å². The van der Waals surface area contributed by atoms with E-state index in [1.165, 1.54) is 4.90 Å². The van der Waals surface area contributed by atoms with Gasteiger partial charge in [-0.25, -0.2) is 8.78 Å². The van der Waals surface area contributed by atoms with Crippen molar-refractivity contribution in [1.82, 2.24) is 10.2 Å². The molecule has 5 heteroatoms. The minimum absolute atomic E-state index is 0.0418. The van der Waals surface area contributed by atoms with Gasteiger partial charge in [-0.2, -0.15) is 0 Å². The predicted octanol–water partition coefficient (Wildman–Crippen LogP) is 3.02. The molecule has 0 spiro atoms. The Balaban J connectivity index is 1.95. The predicted molar refractivity (Wildman–Crippen MR) is 77.8 cm³/mol. The third-order valence-electron chi connectivity index (χ3n) is 4.25. The van der Waals surface area contributed by atoms with Crippen LogP contribution in [0.2, 0.25) is 0 Å². The number of carbonyl (C=O) groups excluding carboxylic acids is 1. The molecule has 1 aromatic rings. The highest BCUT2D eigenvalue weighted by molar-refractivity contribution is 5.76. The Hall–Kier alpha value is -1.49. The van der Waals surface area contributed by atoms with Crippen LogP contribution in [0.4, 0.5) is 8.78 Å². The molecule has 0 saturated carbocycles. The summed E-state index contributed by atoms with van der Waals surface area (Å²) in [5.74, 6) is -1.02. The number of carbonyl (C=O) groups is 1. The van der Waals surface area contributed by atoms with Gasteiger partial charge in [-0.3, -0.25) is 4.79 Å². The molecule has 116 valence electrons. The number of benzene rings is 1. The van der Waals surface area contributed by atoms with E-state index in [0.717, 1.165) is 44.0 Å². The molecule has 0 aliphatic carbocycles. The lowest BCUT2D eigenvalue weighted by Crippen LogP contribution is -2.32. The summed E-state index contributed by atoms with van der Waals surface area (Å²) < 4.78 is 27.0. The van der Waals surface area contributed by atoms with E-state index in [-0.39, 0.29) is 11.5 Å². The molecule has 21 heavy (non-hydrogen) atoms. The fourth-order valence-corrected chi connectivity index (χ4v) is 2.74. The second kappa shape index (κ2) is 6.98. The van der Waals surface area contributed by atoms with Gasteiger partial charge in [0.1, 0.15) is 11.6 Å². The summed E-state index contributed by atoms with van der Waals surface area (Å²) in [5.41, 5.74) is 0.213. The first-order valence-corrected chi connectivity index (χ1v) is 7.43. The Morgan fingerprint density at radius 3 is 2.90 bits per heavy atom. The molecule has 1 fully saturated rings. The molecule has 1 heterocycles. The molecule has 1 aliphatic rings. The monoisotopic (exact) mass is 296 g/mol. The van der Waals surface area contributed by atoms with E-state index in [1.54, 1.807) is 14.0 Å². The van der Waals surface area contributed by atoms with Crippen LogP contribution in [0.3, 0.4) is 0 Å². The molecule has 1 saturated heterocycles. The molecular formula is C16H22F2N2O. The van der Waals surface area contributed by atoms with Gasteiger partial charge >= 0.3 is 0 Å². The molecule has 2 unspecified atom stereocenters. The van der Waals surface area contributed by atoms with Gasteiger partial charge in [0.2, 0.25) is 5.91 Å². The second-order valence-electron chi connectivity index (χ2n) is 5.68. The summed E-state index contributed by atoms with van der Waals surface area (Å²) in [4.78, 5) is 13.7. The van der Waals surface area contributed by atoms with Gasteiger partial charge in [0, 0.05) is 25.1 Å². The Kier molecular flexibility index (Phi) is 5.28. The standard InChI is InChI=1S/C16H22F2N2O/c1-11(14-10-12(17)5-7-15(14)18)20(2)16(21)8-6-13-4-3-9-19-13/h5,7,10-11,13,19H,3-4,6,8-9H2,1-2H3. The lowest BCUT2D eigenvalue weighted by Gasteiger charge is -2.26. The lowest BCUT2D eigenvalue weighted by atomic mass is 10.0. The highest BCUT2D eigenvalue weighted by Gasteiger charge is 2.22. The normalized spacial score (nSPS) is 19.5. The molecule has 1 aliphatic heterocycles. The van der Waals surface area contributed by atoms with Crippen molar-refractivity contribution < 1.29 is 13.6 Å². The van der Waals surface area contributed by atoms with Gasteiger partial charge in [0.15, 0.2) is 0 Å². The lowest BCUT2D eigenvalue weighted by molar-refractivity contribution is -0.132. The second-order valence-corrected chi connectivity index (χ2v) is 5.68. The number of nitrogens with one attached hydrogen (secondary N) is 1. The van der Waals surface area contributed by atoms with E-state index < -0.39 is 17.7 Å². The number of halogens is 2. The first-order valence-electron chi connectivity index (χ1n) is 7.43.